The van der Waals surface area contributed by atoms with E-state index in [1.165, 1.54) is 6.92 Å². The van der Waals surface area contributed by atoms with Gasteiger partial charge in [0.25, 0.3) is 5.91 Å². The number of fused-ring (bicyclic) bond motifs is 1. The Morgan fingerprint density at radius 3 is 2.75 bits per heavy atom. The topological polar surface area (TPSA) is 82.2 Å². The first-order chi connectivity index (χ1) is 9.48. The maximum absolute atomic E-state index is 12.4. The van der Waals surface area contributed by atoms with Crippen molar-refractivity contribution in [1.82, 2.24) is 10.3 Å². The Morgan fingerprint density at radius 2 is 2.10 bits per heavy atom. The lowest BCUT2D eigenvalue weighted by Crippen LogP contribution is -2.52. The molecule has 1 unspecified atom stereocenters. The van der Waals surface area contributed by atoms with E-state index in [0.717, 1.165) is 10.9 Å². The van der Waals surface area contributed by atoms with Crippen LogP contribution in [0.3, 0.4) is 0 Å². The summed E-state index contributed by atoms with van der Waals surface area (Å²) < 4.78 is 0. The van der Waals surface area contributed by atoms with Crippen LogP contribution in [0.4, 0.5) is 0 Å². The molecule has 1 heterocycles. The van der Waals surface area contributed by atoms with Gasteiger partial charge >= 0.3 is 5.97 Å². The first kappa shape index (κ1) is 14.1. The molecule has 1 aromatic carbocycles. The summed E-state index contributed by atoms with van der Waals surface area (Å²) >= 11 is 0. The Kier molecular flexibility index (Phi) is 3.79. The van der Waals surface area contributed by atoms with Gasteiger partial charge in [-0.25, -0.2) is 4.79 Å². The molecule has 106 valence electrons. The zero-order valence-electron chi connectivity index (χ0n) is 11.6. The fourth-order valence-electron chi connectivity index (χ4n) is 2.32. The van der Waals surface area contributed by atoms with E-state index in [1.54, 1.807) is 18.3 Å². The molecule has 0 radical (unpaired) electrons. The number of carbonyl (C=O) groups is 2. The molecule has 0 aliphatic heterocycles. The molecule has 0 fully saturated rings. The van der Waals surface area contributed by atoms with Crippen LogP contribution >= 0.6 is 0 Å². The molecule has 5 heteroatoms. The summed E-state index contributed by atoms with van der Waals surface area (Å²) in [4.78, 5) is 26.8. The number of hydrogen-bond acceptors (Lipinski definition) is 2. The van der Waals surface area contributed by atoms with Crippen molar-refractivity contribution < 1.29 is 14.7 Å². The molecule has 0 saturated heterocycles. The van der Waals surface area contributed by atoms with E-state index in [1.807, 2.05) is 19.1 Å². The fraction of sp³-hybridized carbons (Fsp3) is 0.333. The lowest BCUT2D eigenvalue weighted by Gasteiger charge is -2.25. The lowest BCUT2D eigenvalue weighted by atomic mass is 9.95. The van der Waals surface area contributed by atoms with Crippen molar-refractivity contribution in [3.63, 3.8) is 0 Å². The summed E-state index contributed by atoms with van der Waals surface area (Å²) in [5.74, 6) is -1.39. The third-order valence-corrected chi connectivity index (χ3v) is 3.45. The molecule has 1 amide bonds. The SMILES string of the molecule is CCCC(C)(NC(=O)c1cccc2[nH]ccc12)C(=O)O. The Balaban J connectivity index is 2.32. The number of aromatic nitrogens is 1. The number of carboxylic acids is 1. The molecule has 20 heavy (non-hydrogen) atoms. The van der Waals surface area contributed by atoms with E-state index < -0.39 is 11.5 Å². The Morgan fingerprint density at radius 1 is 1.35 bits per heavy atom. The van der Waals surface area contributed by atoms with Gasteiger partial charge in [0.15, 0.2) is 0 Å². The lowest BCUT2D eigenvalue weighted by molar-refractivity contribution is -0.144. The van der Waals surface area contributed by atoms with Crippen LogP contribution < -0.4 is 5.32 Å². The van der Waals surface area contributed by atoms with E-state index >= 15 is 0 Å². The molecule has 1 atom stereocenters. The quantitative estimate of drug-likeness (QED) is 0.783. The summed E-state index contributed by atoms with van der Waals surface area (Å²) in [6.07, 6.45) is 2.82. The van der Waals surface area contributed by atoms with Crippen molar-refractivity contribution in [3.05, 3.63) is 36.0 Å². The van der Waals surface area contributed by atoms with E-state index in [-0.39, 0.29) is 5.91 Å². The standard InChI is InChI=1S/C15H18N2O3/c1-3-8-15(2,14(19)20)17-13(18)11-5-4-6-12-10(11)7-9-16-12/h4-7,9,16H,3,8H2,1-2H3,(H,17,18)(H,19,20). The highest BCUT2D eigenvalue weighted by Crippen LogP contribution is 2.19. The van der Waals surface area contributed by atoms with Crippen LogP contribution in [0, 0.1) is 0 Å². The van der Waals surface area contributed by atoms with Gasteiger partial charge in [-0.2, -0.15) is 0 Å². The number of carbonyl (C=O) groups excluding carboxylic acids is 1. The first-order valence-corrected chi connectivity index (χ1v) is 6.60. The molecule has 0 aliphatic carbocycles. The van der Waals surface area contributed by atoms with Crippen LogP contribution in [0.1, 0.15) is 37.0 Å². The zero-order chi connectivity index (χ0) is 14.8. The van der Waals surface area contributed by atoms with Crippen LogP contribution in [-0.4, -0.2) is 27.5 Å². The number of rotatable bonds is 5. The largest absolute Gasteiger partial charge is 0.480 e. The second-order valence-electron chi connectivity index (χ2n) is 5.09. The molecule has 0 bridgehead atoms. The molecule has 2 aromatic rings. The molecular weight excluding hydrogens is 256 g/mol. The van der Waals surface area contributed by atoms with E-state index in [4.69, 9.17) is 0 Å². The molecule has 3 N–H and O–H groups in total. The third kappa shape index (κ3) is 2.52. The van der Waals surface area contributed by atoms with Crippen molar-refractivity contribution in [3.8, 4) is 0 Å². The first-order valence-electron chi connectivity index (χ1n) is 6.60. The van der Waals surface area contributed by atoms with Gasteiger partial charge in [-0.1, -0.05) is 19.4 Å². The van der Waals surface area contributed by atoms with Gasteiger partial charge in [0.2, 0.25) is 0 Å². The predicted molar refractivity (Wildman–Crippen MR) is 76.7 cm³/mol. The second kappa shape index (κ2) is 5.36. The second-order valence-corrected chi connectivity index (χ2v) is 5.09. The molecule has 0 saturated carbocycles. The number of nitrogens with one attached hydrogen (secondary N) is 2. The minimum atomic E-state index is -1.25. The Bertz CT molecular complexity index is 647. The summed E-state index contributed by atoms with van der Waals surface area (Å²) in [6, 6.07) is 7.14. The average Bonchev–Trinajstić information content (AvgIpc) is 2.86. The minimum Gasteiger partial charge on any atom is -0.480 e. The van der Waals surface area contributed by atoms with Gasteiger partial charge in [-0.15, -0.1) is 0 Å². The smallest absolute Gasteiger partial charge is 0.329 e. The van der Waals surface area contributed by atoms with Gasteiger partial charge in [0.1, 0.15) is 5.54 Å². The van der Waals surface area contributed by atoms with Crippen molar-refractivity contribution in [2.75, 3.05) is 0 Å². The third-order valence-electron chi connectivity index (χ3n) is 3.45. The van der Waals surface area contributed by atoms with Gasteiger partial charge < -0.3 is 15.4 Å². The monoisotopic (exact) mass is 274 g/mol. The van der Waals surface area contributed by atoms with E-state index in [2.05, 4.69) is 10.3 Å². The van der Waals surface area contributed by atoms with Crippen LogP contribution in [0.2, 0.25) is 0 Å². The average molecular weight is 274 g/mol. The number of carboxylic acid groups (broad SMARTS) is 1. The highest BCUT2D eigenvalue weighted by atomic mass is 16.4. The number of amides is 1. The maximum Gasteiger partial charge on any atom is 0.329 e. The molecular formula is C15H18N2O3. The highest BCUT2D eigenvalue weighted by Gasteiger charge is 2.34. The summed E-state index contributed by atoms with van der Waals surface area (Å²) in [5.41, 5.74) is 0.0853. The minimum absolute atomic E-state index is 0.367. The Labute approximate surface area is 117 Å². The van der Waals surface area contributed by atoms with Crippen LogP contribution in [0.25, 0.3) is 10.9 Å². The molecule has 0 spiro atoms. The summed E-state index contributed by atoms with van der Waals surface area (Å²) in [7, 11) is 0. The molecule has 2 rings (SSSR count). The van der Waals surface area contributed by atoms with Gasteiger partial charge in [0.05, 0.1) is 0 Å². The van der Waals surface area contributed by atoms with Gasteiger partial charge in [0, 0.05) is 22.7 Å². The highest BCUT2D eigenvalue weighted by molar-refractivity contribution is 6.07. The predicted octanol–water partition coefficient (Wildman–Crippen LogP) is 2.54. The van der Waals surface area contributed by atoms with Crippen molar-refractivity contribution in [2.24, 2.45) is 0 Å². The van der Waals surface area contributed by atoms with Crippen molar-refractivity contribution >= 4 is 22.8 Å². The summed E-state index contributed by atoms with van der Waals surface area (Å²) in [6.45, 7) is 3.42. The van der Waals surface area contributed by atoms with Crippen LogP contribution in [-0.2, 0) is 4.79 Å². The zero-order valence-corrected chi connectivity index (χ0v) is 11.6. The normalized spacial score (nSPS) is 13.9. The fourth-order valence-corrected chi connectivity index (χ4v) is 2.32. The van der Waals surface area contributed by atoms with Crippen LogP contribution in [0.15, 0.2) is 30.5 Å². The molecule has 5 nitrogen and oxygen atoms in total. The number of aliphatic carboxylic acids is 1. The van der Waals surface area contributed by atoms with E-state index in [0.29, 0.717) is 18.4 Å². The van der Waals surface area contributed by atoms with E-state index in [9.17, 15) is 14.7 Å². The molecule has 1 aromatic heterocycles. The number of hydrogen-bond donors (Lipinski definition) is 3. The van der Waals surface area contributed by atoms with Crippen molar-refractivity contribution in [1.29, 1.82) is 0 Å². The number of aromatic amines is 1. The Hall–Kier alpha value is -2.30. The van der Waals surface area contributed by atoms with Gasteiger partial charge in [-0.05, 0) is 31.5 Å². The maximum atomic E-state index is 12.4. The van der Waals surface area contributed by atoms with Crippen molar-refractivity contribution in [2.45, 2.75) is 32.2 Å². The number of H-pyrrole nitrogens is 1. The number of benzene rings is 1. The summed E-state index contributed by atoms with van der Waals surface area (Å²) in [5, 5.41) is 12.7. The van der Waals surface area contributed by atoms with Gasteiger partial charge in [-0.3, -0.25) is 4.79 Å². The van der Waals surface area contributed by atoms with Crippen LogP contribution in [0.5, 0.6) is 0 Å². The molecule has 0 aliphatic rings.